The Bertz CT molecular complexity index is 1950. The Hall–Kier alpha value is -4.23. The number of nitrogens with zero attached hydrogens (tertiary/aromatic N) is 7. The first kappa shape index (κ1) is 30.2. The summed E-state index contributed by atoms with van der Waals surface area (Å²) in [7, 11) is -3.87. The number of piperazine rings is 1. The third-order valence-electron chi connectivity index (χ3n) is 7.30. The molecule has 224 valence electrons. The topological polar surface area (TPSA) is 131 Å². The van der Waals surface area contributed by atoms with Gasteiger partial charge in [-0.1, -0.05) is 32.0 Å². The largest absolute Gasteiger partial charge is 0.355 e. The molecule has 4 aromatic heterocycles. The second-order valence-electron chi connectivity index (χ2n) is 10.6. The minimum Gasteiger partial charge on any atom is -0.350 e. The highest BCUT2D eigenvalue weighted by atomic mass is 35.5. The van der Waals surface area contributed by atoms with Gasteiger partial charge in [0.05, 0.1) is 26.7 Å². The van der Waals surface area contributed by atoms with E-state index in [9.17, 15) is 18.0 Å². The Morgan fingerprint density at radius 1 is 1.21 bits per heavy atom. The maximum Gasteiger partial charge on any atom is 0.355 e. The number of halogens is 2. The molecule has 5 heterocycles. The highest BCUT2D eigenvalue weighted by molar-refractivity contribution is 7.90. The van der Waals surface area contributed by atoms with Crippen molar-refractivity contribution in [1.82, 2.24) is 29.4 Å². The lowest BCUT2D eigenvalue weighted by Crippen LogP contribution is -2.54. The molecule has 14 heteroatoms. The van der Waals surface area contributed by atoms with Gasteiger partial charge in [-0.3, -0.25) is 14.8 Å². The highest BCUT2D eigenvalue weighted by Crippen LogP contribution is 2.35. The van der Waals surface area contributed by atoms with Crippen LogP contribution in [0.5, 0.6) is 0 Å². The number of carbonyl (C=O) groups excluding carboxylic acids is 1. The summed E-state index contributed by atoms with van der Waals surface area (Å²) in [6.07, 6.45) is 6.42. The third-order valence-corrected chi connectivity index (χ3v) is 8.73. The van der Waals surface area contributed by atoms with Crippen LogP contribution in [0.4, 0.5) is 10.2 Å². The van der Waals surface area contributed by atoms with Crippen molar-refractivity contribution in [3.05, 3.63) is 76.5 Å². The number of pyridine rings is 3. The van der Waals surface area contributed by atoms with E-state index >= 15 is 4.39 Å². The fourth-order valence-corrected chi connectivity index (χ4v) is 6.35. The van der Waals surface area contributed by atoms with E-state index in [4.69, 9.17) is 11.6 Å². The van der Waals surface area contributed by atoms with Gasteiger partial charge in [-0.15, -0.1) is 0 Å². The minimum absolute atomic E-state index is 0.00520. The van der Waals surface area contributed by atoms with E-state index in [0.717, 1.165) is 10.8 Å². The van der Waals surface area contributed by atoms with E-state index in [1.807, 2.05) is 25.7 Å². The van der Waals surface area contributed by atoms with Crippen molar-refractivity contribution >= 4 is 44.2 Å². The van der Waals surface area contributed by atoms with Gasteiger partial charge >= 0.3 is 5.69 Å². The van der Waals surface area contributed by atoms with Crippen molar-refractivity contribution in [2.45, 2.75) is 37.6 Å². The van der Waals surface area contributed by atoms with Crippen LogP contribution in [0.25, 0.3) is 28.0 Å². The van der Waals surface area contributed by atoms with Crippen molar-refractivity contribution in [3.63, 3.8) is 0 Å². The average molecular weight is 626 g/mol. The Morgan fingerprint density at radius 2 is 1.95 bits per heavy atom. The number of aromatic nitrogens is 5. The molecule has 0 aromatic carbocycles. The molecule has 1 saturated heterocycles. The maximum atomic E-state index is 15.9. The van der Waals surface area contributed by atoms with Crippen LogP contribution in [0.15, 0.2) is 59.1 Å². The van der Waals surface area contributed by atoms with Gasteiger partial charge in [-0.2, -0.15) is 4.98 Å². The second-order valence-corrected chi connectivity index (χ2v) is 13.0. The van der Waals surface area contributed by atoms with Gasteiger partial charge in [0.1, 0.15) is 17.3 Å². The lowest BCUT2D eigenvalue weighted by atomic mass is 10.1. The molecule has 0 radical (unpaired) electrons. The van der Waals surface area contributed by atoms with Crippen LogP contribution in [0.3, 0.4) is 0 Å². The zero-order valence-electron chi connectivity index (χ0n) is 24.0. The fourth-order valence-electron chi connectivity index (χ4n) is 5.28. The number of amides is 1. The summed E-state index contributed by atoms with van der Waals surface area (Å²) >= 11 is 6.36. The summed E-state index contributed by atoms with van der Waals surface area (Å²) < 4.78 is 43.0. The fraction of sp³-hybridized carbons (Fsp3) is 0.310. The summed E-state index contributed by atoms with van der Waals surface area (Å²) in [6, 6.07) is 3.71. The number of sulfone groups is 1. The molecule has 5 rings (SSSR count). The van der Waals surface area contributed by atoms with Crippen LogP contribution < -0.4 is 10.6 Å². The predicted octanol–water partition coefficient (Wildman–Crippen LogP) is 3.78. The number of anilines is 1. The van der Waals surface area contributed by atoms with E-state index in [-0.39, 0.29) is 61.6 Å². The van der Waals surface area contributed by atoms with Crippen LogP contribution in [-0.4, -0.2) is 75.7 Å². The molecule has 11 nitrogen and oxygen atoms in total. The molecular formula is C29H29ClFN7O4S. The summed E-state index contributed by atoms with van der Waals surface area (Å²) in [5.74, 6) is -1.11. The van der Waals surface area contributed by atoms with Crippen molar-refractivity contribution in [3.8, 4) is 16.9 Å². The highest BCUT2D eigenvalue weighted by Gasteiger charge is 2.31. The smallest absolute Gasteiger partial charge is 0.350 e. The number of fused-ring (bicyclic) bond motifs is 1. The summed E-state index contributed by atoms with van der Waals surface area (Å²) in [4.78, 5) is 46.9. The molecule has 0 aliphatic carbocycles. The molecule has 1 fully saturated rings. The SMILES string of the molecule is C=CC(=O)N1CCN(c2nc(=O)n(-c3c(S(C)(=O)=O)ccnc3C(C)C)c3nc(-c4ccncc4Cl)c(F)cc23)[C@@H](C)C1. The number of hydrogen-bond acceptors (Lipinski definition) is 9. The van der Waals surface area contributed by atoms with Crippen LogP contribution in [0.2, 0.25) is 5.02 Å². The molecule has 0 spiro atoms. The third kappa shape index (κ3) is 5.50. The number of hydrogen-bond donors (Lipinski definition) is 0. The minimum atomic E-state index is -3.87. The van der Waals surface area contributed by atoms with Crippen molar-refractivity contribution in [2.24, 2.45) is 0 Å². The molecule has 1 amide bonds. The first-order valence-corrected chi connectivity index (χ1v) is 15.7. The van der Waals surface area contributed by atoms with Crippen molar-refractivity contribution in [1.29, 1.82) is 0 Å². The Kier molecular flexibility index (Phi) is 8.05. The van der Waals surface area contributed by atoms with Gasteiger partial charge in [0, 0.05) is 56.1 Å². The van der Waals surface area contributed by atoms with Crippen LogP contribution in [-0.2, 0) is 14.6 Å². The summed E-state index contributed by atoms with van der Waals surface area (Å²) in [5.41, 5.74) is -0.469. The van der Waals surface area contributed by atoms with Crippen molar-refractivity contribution < 1.29 is 17.6 Å². The Balaban J connectivity index is 1.88. The number of rotatable bonds is 6. The van der Waals surface area contributed by atoms with Crippen LogP contribution in [0, 0.1) is 5.82 Å². The maximum absolute atomic E-state index is 15.9. The van der Waals surface area contributed by atoms with Crippen LogP contribution in [0.1, 0.15) is 32.4 Å². The molecule has 43 heavy (non-hydrogen) atoms. The van der Waals surface area contributed by atoms with E-state index in [1.54, 1.807) is 4.90 Å². The number of carbonyl (C=O) groups is 1. The monoisotopic (exact) mass is 625 g/mol. The molecule has 0 unspecified atom stereocenters. The van der Waals surface area contributed by atoms with Gasteiger partial charge in [0.25, 0.3) is 0 Å². The molecule has 0 N–H and O–H groups in total. The predicted molar refractivity (Wildman–Crippen MR) is 162 cm³/mol. The van der Waals surface area contributed by atoms with Gasteiger partial charge in [-0.05, 0) is 37.1 Å². The standard InChI is InChI=1S/C29H29ClFN7O4S/c1-6-23(39)36-11-12-37(17(4)15-36)27-19-13-21(31)25(18-7-9-32-14-20(18)30)34-28(19)38(29(40)35-27)26-22(43(5,41)42)8-10-33-24(26)16(2)3/h6-10,13-14,16-17H,1,11-12,15H2,2-5H3/t17-/m0/s1. The van der Waals surface area contributed by atoms with Gasteiger partial charge in [0.2, 0.25) is 5.91 Å². The van der Waals surface area contributed by atoms with Crippen LogP contribution >= 0.6 is 11.6 Å². The molecule has 4 aromatic rings. The Labute approximate surface area is 252 Å². The van der Waals surface area contributed by atoms with Gasteiger partial charge in [0.15, 0.2) is 15.5 Å². The van der Waals surface area contributed by atoms with E-state index in [0.29, 0.717) is 25.3 Å². The quantitative estimate of drug-likeness (QED) is 0.294. The zero-order valence-corrected chi connectivity index (χ0v) is 25.5. The summed E-state index contributed by atoms with van der Waals surface area (Å²) in [5, 5.41) is 0.300. The molecule has 1 aliphatic heterocycles. The van der Waals surface area contributed by atoms with Gasteiger partial charge in [-0.25, -0.2) is 27.2 Å². The average Bonchev–Trinajstić information content (AvgIpc) is 2.96. The molecule has 0 bridgehead atoms. The molecular weight excluding hydrogens is 597 g/mol. The second kappa shape index (κ2) is 11.5. The Morgan fingerprint density at radius 3 is 2.58 bits per heavy atom. The zero-order chi connectivity index (χ0) is 31.2. The first-order valence-electron chi connectivity index (χ1n) is 13.4. The van der Waals surface area contributed by atoms with E-state index in [1.165, 1.54) is 42.9 Å². The molecule has 1 atom stereocenters. The lowest BCUT2D eigenvalue weighted by Gasteiger charge is -2.40. The molecule has 0 saturated carbocycles. The van der Waals surface area contributed by atoms with Gasteiger partial charge < -0.3 is 9.80 Å². The lowest BCUT2D eigenvalue weighted by molar-refractivity contribution is -0.126. The first-order chi connectivity index (χ1) is 20.3. The normalized spacial score (nSPS) is 15.7. The van der Waals surface area contributed by atoms with Crippen molar-refractivity contribution in [2.75, 3.05) is 30.8 Å². The molecule has 1 aliphatic rings. The van der Waals surface area contributed by atoms with E-state index in [2.05, 4.69) is 26.5 Å². The van der Waals surface area contributed by atoms with E-state index < -0.39 is 21.3 Å². The summed E-state index contributed by atoms with van der Waals surface area (Å²) in [6.45, 7) is 9.97.